The third-order valence-corrected chi connectivity index (χ3v) is 14.1. The van der Waals surface area contributed by atoms with Gasteiger partial charge in [-0.3, -0.25) is 14.4 Å². The Kier molecular flexibility index (Phi) is 64.8. The Hall–Kier alpha value is -4.71. The highest BCUT2D eigenvalue weighted by Crippen LogP contribution is 2.16. The highest BCUT2D eigenvalue weighted by atomic mass is 16.6. The Morgan fingerprint density at radius 3 is 0.756 bits per heavy atom. The number of esters is 3. The molecule has 0 aromatic carbocycles. The summed E-state index contributed by atoms with van der Waals surface area (Å²) in [6, 6.07) is 0. The predicted octanol–water partition coefficient (Wildman–Crippen LogP) is 23.5. The molecule has 464 valence electrons. The summed E-state index contributed by atoms with van der Waals surface area (Å²) < 4.78 is 16.9. The lowest BCUT2D eigenvalue weighted by atomic mass is 10.0. The van der Waals surface area contributed by atoms with Crippen LogP contribution in [0.25, 0.3) is 0 Å². The molecule has 0 heterocycles. The van der Waals surface area contributed by atoms with E-state index >= 15 is 0 Å². The maximum atomic E-state index is 12.9. The number of allylic oxidation sites excluding steroid dienone is 24. The molecule has 0 aliphatic rings. The molecule has 0 rings (SSSR count). The van der Waals surface area contributed by atoms with E-state index in [2.05, 4.69) is 167 Å². The van der Waals surface area contributed by atoms with Gasteiger partial charge in [0.15, 0.2) is 6.10 Å². The van der Waals surface area contributed by atoms with Crippen LogP contribution in [-0.4, -0.2) is 37.2 Å². The van der Waals surface area contributed by atoms with Crippen LogP contribution in [0.2, 0.25) is 0 Å². The van der Waals surface area contributed by atoms with Crippen LogP contribution in [0.5, 0.6) is 0 Å². The van der Waals surface area contributed by atoms with Gasteiger partial charge in [-0.05, 0) is 141 Å². The van der Waals surface area contributed by atoms with Crippen LogP contribution in [0.15, 0.2) is 146 Å². The van der Waals surface area contributed by atoms with Crippen molar-refractivity contribution in [2.75, 3.05) is 13.2 Å². The van der Waals surface area contributed by atoms with Crippen molar-refractivity contribution in [1.29, 1.82) is 0 Å². The summed E-state index contributed by atoms with van der Waals surface area (Å²) in [4.78, 5) is 38.3. The number of ether oxygens (including phenoxy) is 3. The minimum atomic E-state index is -0.796. The normalized spacial score (nSPS) is 13.1. The fourth-order valence-electron chi connectivity index (χ4n) is 9.06. The van der Waals surface area contributed by atoms with Crippen LogP contribution in [0.3, 0.4) is 0 Å². The average Bonchev–Trinajstić information content (AvgIpc) is 3.47. The molecule has 0 aliphatic carbocycles. The molecule has 0 aromatic rings. The van der Waals surface area contributed by atoms with Crippen molar-refractivity contribution in [3.05, 3.63) is 146 Å². The van der Waals surface area contributed by atoms with Gasteiger partial charge in [0.25, 0.3) is 0 Å². The summed E-state index contributed by atoms with van der Waals surface area (Å²) in [5.41, 5.74) is 0. The van der Waals surface area contributed by atoms with Gasteiger partial charge in [-0.25, -0.2) is 0 Å². The van der Waals surface area contributed by atoms with E-state index in [1.54, 1.807) is 0 Å². The van der Waals surface area contributed by atoms with Crippen molar-refractivity contribution in [3.63, 3.8) is 0 Å². The van der Waals surface area contributed by atoms with Gasteiger partial charge in [-0.1, -0.05) is 282 Å². The second kappa shape index (κ2) is 68.8. The molecule has 1 unspecified atom stereocenters. The average molecular weight is 1130 g/mol. The third kappa shape index (κ3) is 66.1. The van der Waals surface area contributed by atoms with Crippen LogP contribution in [0.4, 0.5) is 0 Å². The fourth-order valence-corrected chi connectivity index (χ4v) is 9.06. The van der Waals surface area contributed by atoms with Crippen LogP contribution in [-0.2, 0) is 28.6 Å². The molecule has 0 saturated heterocycles. The standard InChI is InChI=1S/C76H124O6/c1-4-7-10-13-16-19-22-25-27-29-31-32-33-34-35-36-37-38-39-40-41-42-43-44-46-47-49-51-54-57-60-63-66-69-75(78)81-72-73(71-80-74(77)68-65-62-59-56-53-24-21-18-15-12-9-6-3)82-76(79)70-67-64-61-58-55-52-50-48-45-30-28-26-23-20-17-14-11-8-5-2/h7-8,10-11,16-21,25-28,31-32,34-35,37-38,40-41,45,48,73H,4-6,9,12-15,22-24,29-30,33,36,39,42-44,46-47,49-72H2,1-3H3/b10-7-,11-8-,19-16-,20-17-,21-18-,27-25-,28-26-,32-31-,35-34-,38-37-,41-40-,48-45-. The minimum absolute atomic E-state index is 0.0913. The lowest BCUT2D eigenvalue weighted by Crippen LogP contribution is -2.30. The van der Waals surface area contributed by atoms with Crippen molar-refractivity contribution in [1.82, 2.24) is 0 Å². The van der Waals surface area contributed by atoms with Gasteiger partial charge in [0.1, 0.15) is 13.2 Å². The van der Waals surface area contributed by atoms with Gasteiger partial charge in [-0.2, -0.15) is 0 Å². The SMILES string of the molecule is CC/C=C\C/C=C\C/C=C\C/C=C\C/C=C\C/C=C\C/C=C\CCCCCCCCCCCCCC(=O)OCC(COC(=O)CCCCCCC/C=C\CCCCC)OC(=O)CCCCCCCC/C=C\C/C=C\C/C=C\C/C=C\CC. The predicted molar refractivity (Wildman–Crippen MR) is 357 cm³/mol. The first-order chi connectivity index (χ1) is 40.5. The Balaban J connectivity index is 4.27. The zero-order valence-electron chi connectivity index (χ0n) is 53.2. The molecule has 1 atom stereocenters. The van der Waals surface area contributed by atoms with E-state index in [1.165, 1.54) is 103 Å². The molecule has 0 N–H and O–H groups in total. The smallest absolute Gasteiger partial charge is 0.306 e. The van der Waals surface area contributed by atoms with Gasteiger partial charge in [0.2, 0.25) is 0 Å². The van der Waals surface area contributed by atoms with Crippen LogP contribution in [0.1, 0.15) is 297 Å². The van der Waals surface area contributed by atoms with Gasteiger partial charge in [-0.15, -0.1) is 0 Å². The van der Waals surface area contributed by atoms with Gasteiger partial charge >= 0.3 is 17.9 Å². The maximum Gasteiger partial charge on any atom is 0.306 e. The quantitative estimate of drug-likeness (QED) is 0.0261. The Bertz CT molecular complexity index is 1780. The number of rotatable bonds is 60. The van der Waals surface area contributed by atoms with Crippen molar-refractivity contribution in [2.45, 2.75) is 303 Å². The van der Waals surface area contributed by atoms with Gasteiger partial charge < -0.3 is 14.2 Å². The van der Waals surface area contributed by atoms with E-state index < -0.39 is 6.10 Å². The topological polar surface area (TPSA) is 78.9 Å². The highest BCUT2D eigenvalue weighted by Gasteiger charge is 2.19. The molecule has 0 saturated carbocycles. The van der Waals surface area contributed by atoms with Crippen molar-refractivity contribution >= 4 is 17.9 Å². The monoisotopic (exact) mass is 1130 g/mol. The highest BCUT2D eigenvalue weighted by molar-refractivity contribution is 5.71. The molecule has 0 fully saturated rings. The maximum absolute atomic E-state index is 12.9. The molecule has 0 spiro atoms. The number of unbranched alkanes of at least 4 members (excludes halogenated alkanes) is 25. The van der Waals surface area contributed by atoms with E-state index in [0.29, 0.717) is 19.3 Å². The van der Waals surface area contributed by atoms with Gasteiger partial charge in [0.05, 0.1) is 0 Å². The summed E-state index contributed by atoms with van der Waals surface area (Å²) in [6.45, 7) is 6.38. The van der Waals surface area contributed by atoms with E-state index in [-0.39, 0.29) is 31.1 Å². The number of carbonyl (C=O) groups is 3. The van der Waals surface area contributed by atoms with Crippen LogP contribution < -0.4 is 0 Å². The zero-order chi connectivity index (χ0) is 59.2. The fraction of sp³-hybridized carbons (Fsp3) is 0.645. The van der Waals surface area contributed by atoms with E-state index in [0.717, 1.165) is 154 Å². The molecule has 0 radical (unpaired) electrons. The first kappa shape index (κ1) is 77.3. The number of carbonyl (C=O) groups excluding carboxylic acids is 3. The zero-order valence-corrected chi connectivity index (χ0v) is 53.2. The van der Waals surface area contributed by atoms with Crippen molar-refractivity contribution in [2.24, 2.45) is 0 Å². The summed E-state index contributed by atoms with van der Waals surface area (Å²) >= 11 is 0. The molecule has 0 bridgehead atoms. The molecule has 6 nitrogen and oxygen atoms in total. The largest absolute Gasteiger partial charge is 0.462 e. The summed E-state index contributed by atoms with van der Waals surface area (Å²) in [5, 5.41) is 0. The van der Waals surface area contributed by atoms with E-state index in [4.69, 9.17) is 14.2 Å². The second-order valence-electron chi connectivity index (χ2n) is 22.0. The van der Waals surface area contributed by atoms with Crippen LogP contribution >= 0.6 is 0 Å². The van der Waals surface area contributed by atoms with Crippen LogP contribution in [0, 0.1) is 0 Å². The Labute approximate surface area is 506 Å². The molecule has 0 aliphatic heterocycles. The first-order valence-electron chi connectivity index (χ1n) is 33.8. The second-order valence-corrected chi connectivity index (χ2v) is 22.0. The Morgan fingerprint density at radius 1 is 0.256 bits per heavy atom. The van der Waals surface area contributed by atoms with Crippen molar-refractivity contribution < 1.29 is 28.6 Å². The number of hydrogen-bond acceptors (Lipinski definition) is 6. The van der Waals surface area contributed by atoms with E-state index in [1.807, 2.05) is 0 Å². The first-order valence-corrected chi connectivity index (χ1v) is 33.8. The number of hydrogen-bond donors (Lipinski definition) is 0. The summed E-state index contributed by atoms with van der Waals surface area (Å²) in [6.07, 6.45) is 98.6. The molecular formula is C76H124O6. The molecule has 82 heavy (non-hydrogen) atoms. The minimum Gasteiger partial charge on any atom is -0.462 e. The molecule has 0 amide bonds. The van der Waals surface area contributed by atoms with Crippen molar-refractivity contribution in [3.8, 4) is 0 Å². The van der Waals surface area contributed by atoms with E-state index in [9.17, 15) is 14.4 Å². The summed E-state index contributed by atoms with van der Waals surface area (Å²) in [7, 11) is 0. The molecule has 6 heteroatoms. The molecular weight excluding hydrogens is 1010 g/mol. The lowest BCUT2D eigenvalue weighted by Gasteiger charge is -2.18. The lowest BCUT2D eigenvalue weighted by molar-refractivity contribution is -0.167. The summed E-state index contributed by atoms with van der Waals surface area (Å²) in [5.74, 6) is -0.915. The van der Waals surface area contributed by atoms with Gasteiger partial charge in [0, 0.05) is 19.3 Å². The molecule has 0 aromatic heterocycles. The third-order valence-electron chi connectivity index (χ3n) is 14.1. The Morgan fingerprint density at radius 2 is 0.476 bits per heavy atom.